The predicted molar refractivity (Wildman–Crippen MR) is 118 cm³/mol. The molecule has 7 nitrogen and oxygen atoms in total. The number of nitrogens with one attached hydrogen (secondary N) is 1. The second-order valence-electron chi connectivity index (χ2n) is 8.20. The minimum atomic E-state index is -0.305. The van der Waals surface area contributed by atoms with Gasteiger partial charge in [-0.2, -0.15) is 0 Å². The number of methoxy groups -OCH3 is 2. The molecule has 1 aromatic heterocycles. The Kier molecular flexibility index (Phi) is 4.89. The molecule has 2 aromatic carbocycles. The topological polar surface area (TPSA) is 93.8 Å². The summed E-state index contributed by atoms with van der Waals surface area (Å²) in [5.74, 6) is 1.81. The Bertz CT molecular complexity index is 1230. The number of Topliss-reactive ketones (excluding diaryl/α,β-unsaturated/α-hetero) is 1. The Hall–Kier alpha value is -3.74. The maximum atomic E-state index is 13.5. The number of allylic oxidation sites excluding steroid dienone is 2. The molecule has 0 saturated heterocycles. The van der Waals surface area contributed by atoms with E-state index in [0.717, 1.165) is 33.7 Å². The molecule has 32 heavy (non-hydrogen) atoms. The summed E-state index contributed by atoms with van der Waals surface area (Å²) in [5.41, 5.74) is 5.14. The van der Waals surface area contributed by atoms with E-state index in [1.807, 2.05) is 37.3 Å². The van der Waals surface area contributed by atoms with Crippen molar-refractivity contribution in [3.8, 4) is 17.2 Å². The van der Waals surface area contributed by atoms with Crippen molar-refractivity contribution in [1.82, 2.24) is 5.16 Å². The number of anilines is 1. The Balaban J connectivity index is 1.62. The molecule has 2 aliphatic rings. The van der Waals surface area contributed by atoms with E-state index in [9.17, 15) is 9.90 Å². The van der Waals surface area contributed by atoms with E-state index in [2.05, 4.69) is 10.5 Å². The number of ketones is 1. The first-order chi connectivity index (χ1) is 15.5. The SMILES string of the molecule is COc1ccc(C2C3=C(CC(c4ccc(O)cc4)CC3=O)Nc3onc(C)c32)cc1OC. The molecule has 2 N–H and O–H groups in total. The molecule has 2 heterocycles. The quantitative estimate of drug-likeness (QED) is 0.619. The Labute approximate surface area is 185 Å². The van der Waals surface area contributed by atoms with Crippen LogP contribution in [0.3, 0.4) is 0 Å². The van der Waals surface area contributed by atoms with E-state index < -0.39 is 0 Å². The van der Waals surface area contributed by atoms with Crippen molar-refractivity contribution in [2.75, 3.05) is 19.5 Å². The molecule has 0 radical (unpaired) electrons. The van der Waals surface area contributed by atoms with Crippen LogP contribution in [0.5, 0.6) is 17.2 Å². The summed E-state index contributed by atoms with van der Waals surface area (Å²) >= 11 is 0. The van der Waals surface area contributed by atoms with Gasteiger partial charge in [-0.15, -0.1) is 0 Å². The number of nitrogens with zero attached hydrogens (tertiary/aromatic N) is 1. The van der Waals surface area contributed by atoms with Crippen LogP contribution >= 0.6 is 0 Å². The number of fused-ring (bicyclic) bond motifs is 1. The highest BCUT2D eigenvalue weighted by atomic mass is 16.5. The molecule has 0 fully saturated rings. The molecule has 5 rings (SSSR count). The maximum absolute atomic E-state index is 13.5. The largest absolute Gasteiger partial charge is 0.508 e. The molecule has 0 saturated carbocycles. The molecule has 1 aliphatic carbocycles. The summed E-state index contributed by atoms with van der Waals surface area (Å²) in [6.45, 7) is 1.88. The van der Waals surface area contributed by atoms with Crippen molar-refractivity contribution in [1.29, 1.82) is 0 Å². The van der Waals surface area contributed by atoms with Crippen LogP contribution in [-0.4, -0.2) is 30.3 Å². The number of aryl methyl sites for hydroxylation is 1. The molecule has 164 valence electrons. The molecule has 1 aliphatic heterocycles. The summed E-state index contributed by atoms with van der Waals surface area (Å²) in [6, 6.07) is 12.8. The van der Waals surface area contributed by atoms with Crippen molar-refractivity contribution < 1.29 is 23.9 Å². The number of carbonyl (C=O) groups excluding carboxylic acids is 1. The Morgan fingerprint density at radius 3 is 2.47 bits per heavy atom. The van der Waals surface area contributed by atoms with Gasteiger partial charge in [-0.25, -0.2) is 0 Å². The highest BCUT2D eigenvalue weighted by molar-refractivity contribution is 6.01. The van der Waals surface area contributed by atoms with Crippen LogP contribution in [0.2, 0.25) is 0 Å². The zero-order valence-electron chi connectivity index (χ0n) is 18.1. The first kappa shape index (κ1) is 20.2. The minimum absolute atomic E-state index is 0.0194. The van der Waals surface area contributed by atoms with Gasteiger partial charge in [0, 0.05) is 23.6 Å². The van der Waals surface area contributed by atoms with Gasteiger partial charge in [0.15, 0.2) is 17.3 Å². The summed E-state index contributed by atoms with van der Waals surface area (Å²) in [4.78, 5) is 13.5. The van der Waals surface area contributed by atoms with E-state index in [1.54, 1.807) is 26.4 Å². The van der Waals surface area contributed by atoms with Crippen LogP contribution in [0, 0.1) is 6.92 Å². The average Bonchev–Trinajstić information content (AvgIpc) is 3.17. The highest BCUT2D eigenvalue weighted by Gasteiger charge is 2.41. The van der Waals surface area contributed by atoms with Crippen molar-refractivity contribution in [3.63, 3.8) is 0 Å². The lowest BCUT2D eigenvalue weighted by molar-refractivity contribution is -0.116. The summed E-state index contributed by atoms with van der Waals surface area (Å²) in [5, 5.41) is 17.1. The normalized spacial score (nSPS) is 19.8. The maximum Gasteiger partial charge on any atom is 0.233 e. The lowest BCUT2D eigenvalue weighted by Crippen LogP contribution is -2.29. The van der Waals surface area contributed by atoms with Crippen LogP contribution in [0.25, 0.3) is 0 Å². The first-order valence-corrected chi connectivity index (χ1v) is 10.5. The Morgan fingerprint density at radius 1 is 1.03 bits per heavy atom. The fraction of sp³-hybridized carbons (Fsp3) is 0.280. The van der Waals surface area contributed by atoms with Gasteiger partial charge in [-0.05, 0) is 54.7 Å². The van der Waals surface area contributed by atoms with Gasteiger partial charge >= 0.3 is 0 Å². The Morgan fingerprint density at radius 2 is 1.75 bits per heavy atom. The van der Waals surface area contributed by atoms with E-state index in [-0.39, 0.29) is 23.4 Å². The third kappa shape index (κ3) is 3.21. The molecule has 2 unspecified atom stereocenters. The van der Waals surface area contributed by atoms with E-state index in [1.165, 1.54) is 0 Å². The van der Waals surface area contributed by atoms with Gasteiger partial charge in [-0.1, -0.05) is 23.4 Å². The number of hydrogen-bond acceptors (Lipinski definition) is 7. The van der Waals surface area contributed by atoms with Gasteiger partial charge in [0.05, 0.1) is 25.5 Å². The van der Waals surface area contributed by atoms with Gasteiger partial charge in [0.25, 0.3) is 0 Å². The number of phenolic OH excluding ortho intramolecular Hbond substituents is 1. The van der Waals surface area contributed by atoms with Crippen LogP contribution < -0.4 is 14.8 Å². The van der Waals surface area contributed by atoms with Crippen molar-refractivity contribution in [2.24, 2.45) is 0 Å². The lowest BCUT2D eigenvalue weighted by atomic mass is 9.72. The van der Waals surface area contributed by atoms with Gasteiger partial charge < -0.3 is 24.4 Å². The zero-order chi connectivity index (χ0) is 22.4. The summed E-state index contributed by atoms with van der Waals surface area (Å²) in [6.07, 6.45) is 1.06. The number of aromatic nitrogens is 1. The number of carbonyl (C=O) groups is 1. The van der Waals surface area contributed by atoms with Crippen molar-refractivity contribution in [3.05, 3.63) is 76.1 Å². The van der Waals surface area contributed by atoms with Crippen molar-refractivity contribution >= 4 is 11.7 Å². The number of benzene rings is 2. The molecule has 7 heteroatoms. The number of phenols is 1. The van der Waals surface area contributed by atoms with Crippen molar-refractivity contribution in [2.45, 2.75) is 31.6 Å². The average molecular weight is 432 g/mol. The predicted octanol–water partition coefficient (Wildman–Crippen LogP) is 4.66. The monoisotopic (exact) mass is 432 g/mol. The molecular weight excluding hydrogens is 408 g/mol. The van der Waals surface area contributed by atoms with Crippen LogP contribution in [0.1, 0.15) is 47.1 Å². The fourth-order valence-corrected chi connectivity index (χ4v) is 4.82. The number of hydrogen-bond donors (Lipinski definition) is 2. The molecule has 2 atom stereocenters. The molecule has 0 spiro atoms. The van der Waals surface area contributed by atoms with Gasteiger partial charge in [-0.3, -0.25) is 4.79 Å². The summed E-state index contributed by atoms with van der Waals surface area (Å²) < 4.78 is 16.5. The van der Waals surface area contributed by atoms with Gasteiger partial charge in [0.2, 0.25) is 5.88 Å². The van der Waals surface area contributed by atoms with Gasteiger partial charge in [0.1, 0.15) is 5.75 Å². The minimum Gasteiger partial charge on any atom is -0.508 e. The number of rotatable bonds is 4. The second kappa shape index (κ2) is 7.75. The third-order valence-electron chi connectivity index (χ3n) is 6.36. The third-order valence-corrected chi connectivity index (χ3v) is 6.36. The molecule has 0 amide bonds. The summed E-state index contributed by atoms with van der Waals surface area (Å²) in [7, 11) is 3.19. The number of ether oxygens (including phenoxy) is 2. The highest BCUT2D eigenvalue weighted by Crippen LogP contribution is 2.50. The fourth-order valence-electron chi connectivity index (χ4n) is 4.82. The molecule has 3 aromatic rings. The van der Waals surface area contributed by atoms with Crippen LogP contribution in [0.4, 0.5) is 5.88 Å². The standard InChI is InChI=1S/C25H24N2O5/c1-13-22-23(15-6-9-20(30-2)21(12-15)31-3)24-18(26-25(22)32-27-13)10-16(11-19(24)29)14-4-7-17(28)8-5-14/h4-9,12,16,23,26,28H,10-11H2,1-3H3. The van der Waals surface area contributed by atoms with Crippen LogP contribution in [-0.2, 0) is 4.79 Å². The van der Waals surface area contributed by atoms with E-state index in [0.29, 0.717) is 30.2 Å². The van der Waals surface area contributed by atoms with E-state index in [4.69, 9.17) is 14.0 Å². The number of aromatic hydroxyl groups is 1. The lowest BCUT2D eigenvalue weighted by Gasteiger charge is -2.34. The zero-order valence-corrected chi connectivity index (χ0v) is 18.1. The van der Waals surface area contributed by atoms with Crippen LogP contribution in [0.15, 0.2) is 58.3 Å². The second-order valence-corrected chi connectivity index (χ2v) is 8.20. The molecular formula is C25H24N2O5. The first-order valence-electron chi connectivity index (χ1n) is 10.5. The molecule has 0 bridgehead atoms. The van der Waals surface area contributed by atoms with E-state index >= 15 is 0 Å². The smallest absolute Gasteiger partial charge is 0.233 e.